The van der Waals surface area contributed by atoms with Crippen molar-refractivity contribution >= 4 is 17.5 Å². The van der Waals surface area contributed by atoms with E-state index in [2.05, 4.69) is 0 Å². The topological polar surface area (TPSA) is 49.9 Å². The Kier molecular flexibility index (Phi) is 7.25. The maximum Gasteiger partial charge on any atom is 0.242 e. The number of ether oxygens (including phenoxy) is 1. The molecule has 0 aromatic heterocycles. The molecule has 5 nitrogen and oxygen atoms in total. The van der Waals surface area contributed by atoms with E-state index in [1.165, 1.54) is 6.42 Å². The van der Waals surface area contributed by atoms with E-state index >= 15 is 0 Å². The average molecular weight is 332 g/mol. The zero-order valence-corrected chi connectivity index (χ0v) is 14.8. The molecule has 5 heteroatoms. The Morgan fingerprint density at radius 3 is 2.42 bits per heavy atom. The van der Waals surface area contributed by atoms with Crippen LogP contribution >= 0.6 is 0 Å². The van der Waals surface area contributed by atoms with Crippen molar-refractivity contribution in [3.63, 3.8) is 0 Å². The van der Waals surface area contributed by atoms with Crippen molar-refractivity contribution < 1.29 is 14.3 Å². The van der Waals surface area contributed by atoms with Crippen molar-refractivity contribution in [1.29, 1.82) is 0 Å². The number of anilines is 1. The summed E-state index contributed by atoms with van der Waals surface area (Å²) in [4.78, 5) is 28.6. The number of hydrogen-bond acceptors (Lipinski definition) is 3. The molecule has 0 aliphatic carbocycles. The monoisotopic (exact) mass is 332 g/mol. The summed E-state index contributed by atoms with van der Waals surface area (Å²) in [5.41, 5.74) is 1.90. The van der Waals surface area contributed by atoms with Gasteiger partial charge in [0.15, 0.2) is 0 Å². The molecule has 1 aliphatic rings. The number of nitrogens with zero attached hydrogens (tertiary/aromatic N) is 2. The van der Waals surface area contributed by atoms with Gasteiger partial charge in [-0.1, -0.05) is 17.7 Å². The van der Waals surface area contributed by atoms with Gasteiger partial charge in [-0.15, -0.1) is 0 Å². The van der Waals surface area contributed by atoms with Crippen molar-refractivity contribution in [2.75, 3.05) is 37.7 Å². The first-order valence-electron chi connectivity index (χ1n) is 8.84. The Balaban J connectivity index is 2.07. The molecule has 0 N–H and O–H groups in total. The number of rotatable bonds is 7. The molecule has 1 aliphatic heterocycles. The van der Waals surface area contributed by atoms with Crippen LogP contribution in [0.4, 0.5) is 5.69 Å². The fourth-order valence-corrected chi connectivity index (χ4v) is 2.87. The third-order valence-corrected chi connectivity index (χ3v) is 4.31. The highest BCUT2D eigenvalue weighted by Gasteiger charge is 2.23. The number of aryl methyl sites for hydroxylation is 1. The second kappa shape index (κ2) is 9.42. The van der Waals surface area contributed by atoms with Crippen LogP contribution in [0.1, 0.15) is 38.2 Å². The number of hydrogen-bond donors (Lipinski definition) is 0. The molecule has 2 rings (SSSR count). The molecule has 0 unspecified atom stereocenters. The van der Waals surface area contributed by atoms with Gasteiger partial charge in [0.1, 0.15) is 6.54 Å². The number of piperidine rings is 1. The summed E-state index contributed by atoms with van der Waals surface area (Å²) < 4.78 is 5.29. The summed E-state index contributed by atoms with van der Waals surface area (Å²) in [5, 5.41) is 0. The van der Waals surface area contributed by atoms with Crippen LogP contribution in [-0.4, -0.2) is 49.6 Å². The fourth-order valence-electron chi connectivity index (χ4n) is 2.87. The Morgan fingerprint density at radius 2 is 1.79 bits per heavy atom. The number of carbonyl (C=O) groups is 2. The van der Waals surface area contributed by atoms with E-state index in [0.717, 1.165) is 37.2 Å². The van der Waals surface area contributed by atoms with Crippen LogP contribution < -0.4 is 4.90 Å². The van der Waals surface area contributed by atoms with Crippen LogP contribution in [-0.2, 0) is 14.3 Å². The lowest BCUT2D eigenvalue weighted by Crippen LogP contribution is -2.45. The molecule has 0 radical (unpaired) electrons. The molecule has 0 atom stereocenters. The standard InChI is InChI=1S/C19H28N2O3/c1-3-24-14-11-18(22)21(17-9-7-16(2)8-10-17)15-19(23)20-12-5-4-6-13-20/h7-10H,3-6,11-15H2,1-2H3. The van der Waals surface area contributed by atoms with Crippen LogP contribution in [0.2, 0.25) is 0 Å². The lowest BCUT2D eigenvalue weighted by atomic mass is 10.1. The van der Waals surface area contributed by atoms with Crippen LogP contribution in [0.5, 0.6) is 0 Å². The molecular formula is C19H28N2O3. The van der Waals surface area contributed by atoms with Gasteiger partial charge in [0, 0.05) is 25.4 Å². The highest BCUT2D eigenvalue weighted by molar-refractivity contribution is 5.98. The Hall–Kier alpha value is -1.88. The molecule has 0 saturated carbocycles. The van der Waals surface area contributed by atoms with E-state index in [1.54, 1.807) is 4.90 Å². The molecule has 1 heterocycles. The number of carbonyl (C=O) groups excluding carboxylic acids is 2. The molecule has 1 saturated heterocycles. The third-order valence-electron chi connectivity index (χ3n) is 4.31. The van der Waals surface area contributed by atoms with E-state index in [1.807, 2.05) is 43.0 Å². The largest absolute Gasteiger partial charge is 0.381 e. The number of likely N-dealkylation sites (tertiary alicyclic amines) is 1. The first kappa shape index (κ1) is 18.5. The lowest BCUT2D eigenvalue weighted by Gasteiger charge is -2.30. The summed E-state index contributed by atoms with van der Waals surface area (Å²) in [7, 11) is 0. The van der Waals surface area contributed by atoms with E-state index in [-0.39, 0.29) is 24.8 Å². The first-order valence-corrected chi connectivity index (χ1v) is 8.84. The van der Waals surface area contributed by atoms with E-state index < -0.39 is 0 Å². The second-order valence-corrected chi connectivity index (χ2v) is 6.20. The smallest absolute Gasteiger partial charge is 0.242 e. The first-order chi connectivity index (χ1) is 11.6. The summed E-state index contributed by atoms with van der Waals surface area (Å²) in [6.07, 6.45) is 3.57. The highest BCUT2D eigenvalue weighted by Crippen LogP contribution is 2.18. The maximum absolute atomic E-state index is 12.6. The molecule has 2 amide bonds. The quantitative estimate of drug-likeness (QED) is 0.722. The predicted octanol–water partition coefficient (Wildman–Crippen LogP) is 2.77. The molecule has 132 valence electrons. The molecule has 24 heavy (non-hydrogen) atoms. The molecular weight excluding hydrogens is 304 g/mol. The maximum atomic E-state index is 12.6. The van der Waals surface area contributed by atoms with Gasteiger partial charge in [-0.25, -0.2) is 0 Å². The van der Waals surface area contributed by atoms with Crippen molar-refractivity contribution in [2.45, 2.75) is 39.5 Å². The summed E-state index contributed by atoms with van der Waals surface area (Å²) in [6.45, 7) is 6.58. The minimum Gasteiger partial charge on any atom is -0.381 e. The molecule has 0 bridgehead atoms. The summed E-state index contributed by atoms with van der Waals surface area (Å²) in [5.74, 6) is -0.0438. The molecule has 1 fully saturated rings. The molecule has 1 aromatic carbocycles. The van der Waals surface area contributed by atoms with Crippen LogP contribution in [0.3, 0.4) is 0 Å². The Bertz CT molecular complexity index is 536. The van der Waals surface area contributed by atoms with Gasteiger partial charge in [0.25, 0.3) is 0 Å². The average Bonchev–Trinajstić information content (AvgIpc) is 2.61. The highest BCUT2D eigenvalue weighted by atomic mass is 16.5. The fraction of sp³-hybridized carbons (Fsp3) is 0.579. The van der Waals surface area contributed by atoms with E-state index in [4.69, 9.17) is 4.74 Å². The van der Waals surface area contributed by atoms with E-state index in [9.17, 15) is 9.59 Å². The van der Waals surface area contributed by atoms with Crippen LogP contribution in [0, 0.1) is 6.92 Å². The van der Waals surface area contributed by atoms with Gasteiger partial charge >= 0.3 is 0 Å². The minimum atomic E-state index is -0.0716. The Morgan fingerprint density at radius 1 is 1.12 bits per heavy atom. The van der Waals surface area contributed by atoms with Crippen molar-refractivity contribution in [2.24, 2.45) is 0 Å². The minimum absolute atomic E-state index is 0.0278. The van der Waals surface area contributed by atoms with Gasteiger partial charge in [0.05, 0.1) is 13.0 Å². The zero-order chi connectivity index (χ0) is 17.4. The summed E-state index contributed by atoms with van der Waals surface area (Å²) in [6, 6.07) is 7.72. The Labute approximate surface area is 144 Å². The molecule has 1 aromatic rings. The number of amides is 2. The lowest BCUT2D eigenvalue weighted by molar-refractivity contribution is -0.132. The van der Waals surface area contributed by atoms with Gasteiger partial charge in [-0.05, 0) is 45.2 Å². The van der Waals surface area contributed by atoms with Crippen molar-refractivity contribution in [1.82, 2.24) is 4.90 Å². The third kappa shape index (κ3) is 5.34. The SMILES string of the molecule is CCOCCC(=O)N(CC(=O)N1CCCCC1)c1ccc(C)cc1. The van der Waals surface area contributed by atoms with Gasteiger partial charge in [-0.3, -0.25) is 9.59 Å². The van der Waals surface area contributed by atoms with Crippen LogP contribution in [0.25, 0.3) is 0 Å². The zero-order valence-electron chi connectivity index (χ0n) is 14.8. The predicted molar refractivity (Wildman–Crippen MR) is 95.1 cm³/mol. The van der Waals surface area contributed by atoms with Gasteiger partial charge in [-0.2, -0.15) is 0 Å². The normalized spacial score (nSPS) is 14.5. The second-order valence-electron chi connectivity index (χ2n) is 6.20. The summed E-state index contributed by atoms with van der Waals surface area (Å²) >= 11 is 0. The van der Waals surface area contributed by atoms with Crippen molar-refractivity contribution in [3.05, 3.63) is 29.8 Å². The van der Waals surface area contributed by atoms with E-state index in [0.29, 0.717) is 13.2 Å². The van der Waals surface area contributed by atoms with Crippen molar-refractivity contribution in [3.8, 4) is 0 Å². The van der Waals surface area contributed by atoms with Gasteiger partial charge < -0.3 is 14.5 Å². The molecule has 0 spiro atoms. The van der Waals surface area contributed by atoms with Gasteiger partial charge in [0.2, 0.25) is 11.8 Å². The number of benzene rings is 1. The van der Waals surface area contributed by atoms with Crippen LogP contribution in [0.15, 0.2) is 24.3 Å².